The Balaban J connectivity index is 1.54. The van der Waals surface area contributed by atoms with Gasteiger partial charge < -0.3 is 24.9 Å². The lowest BCUT2D eigenvalue weighted by molar-refractivity contribution is 0.0358. The minimum atomic E-state index is -1.27. The first kappa shape index (κ1) is 17.4. The normalized spacial score (nSPS) is 19.4. The summed E-state index contributed by atoms with van der Waals surface area (Å²) in [4.78, 5) is 12.2. The molecule has 0 saturated carbocycles. The van der Waals surface area contributed by atoms with Crippen LogP contribution < -0.4 is 15.4 Å². The van der Waals surface area contributed by atoms with E-state index < -0.39 is 5.60 Å². The Morgan fingerprint density at radius 2 is 2.12 bits per heavy atom. The first-order valence-corrected chi connectivity index (χ1v) is 8.42. The Bertz CT molecular complexity index is 753. The highest BCUT2D eigenvalue weighted by atomic mass is 16.5. The SMILES string of the molecule is Cc1ccc(C(C)(O)CNC(=O)NC(C)C2COc3ccccc32)o1. The summed E-state index contributed by atoms with van der Waals surface area (Å²) in [6.45, 7) is 5.96. The number of para-hydroxylation sites is 1. The fourth-order valence-corrected chi connectivity index (χ4v) is 3.02. The number of urea groups is 1. The zero-order valence-corrected chi connectivity index (χ0v) is 14.7. The predicted molar refractivity (Wildman–Crippen MR) is 93.7 cm³/mol. The minimum absolute atomic E-state index is 0.0518. The number of aliphatic hydroxyl groups is 1. The Morgan fingerprint density at radius 3 is 2.84 bits per heavy atom. The first-order chi connectivity index (χ1) is 11.9. The number of aryl methyl sites for hydroxylation is 1. The highest BCUT2D eigenvalue weighted by molar-refractivity contribution is 5.74. The maximum atomic E-state index is 12.2. The smallest absolute Gasteiger partial charge is 0.315 e. The molecule has 3 atom stereocenters. The number of nitrogens with one attached hydrogen (secondary N) is 2. The van der Waals surface area contributed by atoms with Crippen molar-refractivity contribution in [2.24, 2.45) is 0 Å². The summed E-state index contributed by atoms with van der Waals surface area (Å²) in [5, 5.41) is 16.1. The standard InChI is InChI=1S/C19H24N2O4/c1-12-8-9-17(25-12)19(3,23)11-20-18(22)21-13(2)15-10-24-16-7-5-4-6-14(15)16/h4-9,13,15,23H,10-11H2,1-3H3,(H2,20,21,22). The van der Waals surface area contributed by atoms with Crippen LogP contribution in [-0.2, 0) is 5.60 Å². The van der Waals surface area contributed by atoms with Crippen LogP contribution >= 0.6 is 0 Å². The van der Waals surface area contributed by atoms with Crippen LogP contribution in [0, 0.1) is 6.92 Å². The summed E-state index contributed by atoms with van der Waals surface area (Å²) < 4.78 is 11.1. The zero-order chi connectivity index (χ0) is 18.0. The van der Waals surface area contributed by atoms with Gasteiger partial charge in [0.15, 0.2) is 0 Å². The van der Waals surface area contributed by atoms with Gasteiger partial charge in [-0.15, -0.1) is 0 Å². The lowest BCUT2D eigenvalue weighted by Gasteiger charge is -2.24. The number of fused-ring (bicyclic) bond motifs is 1. The van der Waals surface area contributed by atoms with Gasteiger partial charge in [0.05, 0.1) is 13.2 Å². The van der Waals surface area contributed by atoms with Crippen LogP contribution in [0.4, 0.5) is 4.79 Å². The van der Waals surface area contributed by atoms with Crippen LogP contribution in [0.3, 0.4) is 0 Å². The summed E-state index contributed by atoms with van der Waals surface area (Å²) in [6.07, 6.45) is 0. The number of benzene rings is 1. The van der Waals surface area contributed by atoms with E-state index in [9.17, 15) is 9.90 Å². The molecule has 0 aliphatic carbocycles. The summed E-state index contributed by atoms with van der Waals surface area (Å²) >= 11 is 0. The number of rotatable bonds is 5. The lowest BCUT2D eigenvalue weighted by Crippen LogP contribution is -2.47. The van der Waals surface area contributed by atoms with Crippen LogP contribution in [0.2, 0.25) is 0 Å². The molecule has 1 aliphatic heterocycles. The van der Waals surface area contributed by atoms with Crippen molar-refractivity contribution in [3.63, 3.8) is 0 Å². The molecule has 134 valence electrons. The van der Waals surface area contributed by atoms with E-state index in [1.54, 1.807) is 19.1 Å². The van der Waals surface area contributed by atoms with Crippen molar-refractivity contribution in [2.75, 3.05) is 13.2 Å². The molecule has 0 fully saturated rings. The van der Waals surface area contributed by atoms with Crippen molar-refractivity contribution in [2.45, 2.75) is 38.3 Å². The van der Waals surface area contributed by atoms with Crippen LogP contribution in [0.15, 0.2) is 40.8 Å². The summed E-state index contributed by atoms with van der Waals surface area (Å²) in [5.74, 6) is 2.12. The molecule has 3 rings (SSSR count). The van der Waals surface area contributed by atoms with Crippen LogP contribution in [0.25, 0.3) is 0 Å². The summed E-state index contributed by atoms with van der Waals surface area (Å²) in [7, 11) is 0. The van der Waals surface area contributed by atoms with Gasteiger partial charge in [-0.05, 0) is 39.0 Å². The van der Waals surface area contributed by atoms with Crippen molar-refractivity contribution >= 4 is 6.03 Å². The van der Waals surface area contributed by atoms with Gasteiger partial charge in [-0.3, -0.25) is 0 Å². The molecule has 0 spiro atoms. The fraction of sp³-hybridized carbons (Fsp3) is 0.421. The second kappa shape index (κ2) is 6.80. The summed E-state index contributed by atoms with van der Waals surface area (Å²) in [6, 6.07) is 10.9. The third-order valence-corrected chi connectivity index (χ3v) is 4.56. The van der Waals surface area contributed by atoms with Crippen LogP contribution in [-0.4, -0.2) is 30.3 Å². The number of furan rings is 1. The fourth-order valence-electron chi connectivity index (χ4n) is 3.02. The molecule has 1 aromatic heterocycles. The van der Waals surface area contributed by atoms with E-state index >= 15 is 0 Å². The number of carbonyl (C=O) groups excluding carboxylic acids is 1. The minimum Gasteiger partial charge on any atom is -0.493 e. The average molecular weight is 344 g/mol. The molecule has 6 heteroatoms. The molecule has 6 nitrogen and oxygen atoms in total. The molecular formula is C19H24N2O4. The molecule has 0 radical (unpaired) electrons. The monoisotopic (exact) mass is 344 g/mol. The average Bonchev–Trinajstić information content (AvgIpc) is 3.19. The number of hydrogen-bond donors (Lipinski definition) is 3. The van der Waals surface area contributed by atoms with Crippen molar-refractivity contribution < 1.29 is 19.1 Å². The molecule has 1 aliphatic rings. The van der Waals surface area contributed by atoms with E-state index in [1.165, 1.54) is 0 Å². The van der Waals surface area contributed by atoms with Crippen molar-refractivity contribution in [3.05, 3.63) is 53.5 Å². The quantitative estimate of drug-likeness (QED) is 0.779. The maximum Gasteiger partial charge on any atom is 0.315 e. The van der Waals surface area contributed by atoms with Crippen molar-refractivity contribution in [3.8, 4) is 5.75 Å². The molecular weight excluding hydrogens is 320 g/mol. The van der Waals surface area contributed by atoms with Gasteiger partial charge >= 0.3 is 6.03 Å². The van der Waals surface area contributed by atoms with E-state index in [-0.39, 0.29) is 24.5 Å². The molecule has 2 heterocycles. The van der Waals surface area contributed by atoms with Gasteiger partial charge in [0.25, 0.3) is 0 Å². The van der Waals surface area contributed by atoms with Crippen molar-refractivity contribution in [1.29, 1.82) is 0 Å². The Hall–Kier alpha value is -2.47. The van der Waals surface area contributed by atoms with Crippen molar-refractivity contribution in [1.82, 2.24) is 10.6 Å². The topological polar surface area (TPSA) is 83.7 Å². The first-order valence-electron chi connectivity index (χ1n) is 8.42. The van der Waals surface area contributed by atoms with Crippen LogP contribution in [0.5, 0.6) is 5.75 Å². The number of hydrogen-bond acceptors (Lipinski definition) is 4. The van der Waals surface area contributed by atoms with Gasteiger partial charge in [0.1, 0.15) is 22.9 Å². The lowest BCUT2D eigenvalue weighted by atomic mass is 9.94. The van der Waals surface area contributed by atoms with E-state index in [0.717, 1.165) is 11.3 Å². The second-order valence-corrected chi connectivity index (χ2v) is 6.76. The molecule has 0 bridgehead atoms. The number of amides is 2. The Kier molecular flexibility index (Phi) is 4.72. The predicted octanol–water partition coefficient (Wildman–Crippen LogP) is 2.66. The van der Waals surface area contributed by atoms with E-state index in [1.807, 2.05) is 38.1 Å². The van der Waals surface area contributed by atoms with Crippen LogP contribution in [0.1, 0.15) is 36.8 Å². The second-order valence-electron chi connectivity index (χ2n) is 6.76. The molecule has 0 saturated heterocycles. The van der Waals surface area contributed by atoms with E-state index in [4.69, 9.17) is 9.15 Å². The van der Waals surface area contributed by atoms with Gasteiger partial charge in [-0.1, -0.05) is 18.2 Å². The van der Waals surface area contributed by atoms with Gasteiger partial charge in [0.2, 0.25) is 0 Å². The molecule has 25 heavy (non-hydrogen) atoms. The molecule has 2 aromatic rings. The number of carbonyl (C=O) groups is 1. The third-order valence-electron chi connectivity index (χ3n) is 4.56. The van der Waals surface area contributed by atoms with Gasteiger partial charge in [-0.25, -0.2) is 4.79 Å². The molecule has 3 unspecified atom stereocenters. The zero-order valence-electron chi connectivity index (χ0n) is 14.7. The van der Waals surface area contributed by atoms with E-state index in [0.29, 0.717) is 18.1 Å². The highest BCUT2D eigenvalue weighted by Gasteiger charge is 2.31. The third kappa shape index (κ3) is 3.79. The largest absolute Gasteiger partial charge is 0.493 e. The summed E-state index contributed by atoms with van der Waals surface area (Å²) in [5.41, 5.74) is -0.161. The van der Waals surface area contributed by atoms with Gasteiger partial charge in [0, 0.05) is 17.5 Å². The molecule has 3 N–H and O–H groups in total. The Labute approximate surface area is 147 Å². The molecule has 1 aromatic carbocycles. The van der Waals surface area contributed by atoms with Gasteiger partial charge in [-0.2, -0.15) is 0 Å². The number of ether oxygens (including phenoxy) is 1. The van der Waals surface area contributed by atoms with E-state index in [2.05, 4.69) is 10.6 Å². The Morgan fingerprint density at radius 1 is 1.36 bits per heavy atom. The maximum absolute atomic E-state index is 12.2. The highest BCUT2D eigenvalue weighted by Crippen LogP contribution is 2.35. The molecule has 2 amide bonds.